The second kappa shape index (κ2) is 9.61. The van der Waals surface area contributed by atoms with Gasteiger partial charge in [-0.15, -0.1) is 5.11 Å². The van der Waals surface area contributed by atoms with Crippen molar-refractivity contribution in [1.82, 2.24) is 0 Å². The summed E-state index contributed by atoms with van der Waals surface area (Å²) in [5, 5.41) is 25.5. The zero-order valence-electron chi connectivity index (χ0n) is 16.4. The number of non-ortho nitro benzene ring substituents is 2. The number of sulfonamides is 1. The molecule has 0 aromatic heterocycles. The van der Waals surface area contributed by atoms with Crippen LogP contribution in [0.4, 0.5) is 22.7 Å². The first-order valence-corrected chi connectivity index (χ1v) is 10.3. The summed E-state index contributed by atoms with van der Waals surface area (Å²) in [4.78, 5) is 37.0. The summed E-state index contributed by atoms with van der Waals surface area (Å²) in [5.74, 6) is -1.10. The summed E-state index contributed by atoms with van der Waals surface area (Å²) >= 11 is 0. The Morgan fingerprint density at radius 1 is 0.879 bits per heavy atom. The van der Waals surface area contributed by atoms with Gasteiger partial charge in [0.05, 0.1) is 37.7 Å². The predicted molar refractivity (Wildman–Crippen MR) is 113 cm³/mol. The van der Waals surface area contributed by atoms with Crippen molar-refractivity contribution in [2.45, 2.75) is 4.90 Å². The van der Waals surface area contributed by atoms with Gasteiger partial charge in [0.25, 0.3) is 21.4 Å². The Labute approximate surface area is 185 Å². The molecule has 0 saturated carbocycles. The second-order valence-electron chi connectivity index (χ2n) is 6.26. The summed E-state index contributed by atoms with van der Waals surface area (Å²) in [5.41, 5.74) is 1.04. The highest BCUT2D eigenvalue weighted by Crippen LogP contribution is 2.24. The molecule has 14 heteroatoms. The van der Waals surface area contributed by atoms with E-state index in [2.05, 4.69) is 15.1 Å². The van der Waals surface area contributed by atoms with Crippen LogP contribution in [0.25, 0.3) is 0 Å². The maximum Gasteiger partial charge on any atom is 0.363 e. The Bertz CT molecular complexity index is 1310. The number of anilines is 1. The molecule has 3 rings (SSSR count). The molecule has 33 heavy (non-hydrogen) atoms. The predicted octanol–water partition coefficient (Wildman–Crippen LogP) is 4.16. The largest absolute Gasteiger partial charge is 0.363 e. The van der Waals surface area contributed by atoms with Gasteiger partial charge in [-0.2, -0.15) is 8.42 Å². The van der Waals surface area contributed by atoms with Crippen molar-refractivity contribution in [2.24, 2.45) is 9.63 Å². The standard InChI is InChI=1S/C19H13N5O8S/c25-19(13-10-16(23(26)27)12-17(11-13)24(28)29)32-21-15-8-6-14(7-9-15)20-22-33(30,31)18-4-2-1-3-5-18/h1-12,21H. The van der Waals surface area contributed by atoms with E-state index in [0.717, 1.165) is 18.2 Å². The molecule has 0 saturated heterocycles. The molecule has 3 aromatic rings. The van der Waals surface area contributed by atoms with Crippen molar-refractivity contribution in [2.75, 3.05) is 5.48 Å². The molecular weight excluding hydrogens is 458 g/mol. The van der Waals surface area contributed by atoms with E-state index in [-0.39, 0.29) is 16.3 Å². The fourth-order valence-electron chi connectivity index (χ4n) is 2.42. The van der Waals surface area contributed by atoms with Gasteiger partial charge in [0.2, 0.25) is 0 Å². The molecule has 168 valence electrons. The molecule has 0 atom stereocenters. The van der Waals surface area contributed by atoms with Crippen molar-refractivity contribution >= 4 is 38.7 Å². The van der Waals surface area contributed by atoms with Gasteiger partial charge in [-0.1, -0.05) is 22.7 Å². The lowest BCUT2D eigenvalue weighted by molar-refractivity contribution is -0.394. The third-order valence-corrected chi connectivity index (χ3v) is 5.16. The van der Waals surface area contributed by atoms with Crippen LogP contribution >= 0.6 is 0 Å². The molecule has 13 nitrogen and oxygen atoms in total. The summed E-state index contributed by atoms with van der Waals surface area (Å²) in [6.45, 7) is 0. The average Bonchev–Trinajstić information content (AvgIpc) is 2.82. The van der Waals surface area contributed by atoms with Gasteiger partial charge < -0.3 is 4.84 Å². The maximum atomic E-state index is 12.2. The fraction of sp³-hybridized carbons (Fsp3) is 0. The SMILES string of the molecule is O=C(ONc1ccc(N=NS(=O)(=O)c2ccccc2)cc1)c1cc([N+](=O)[O-])cc([N+](=O)[O-])c1. The molecule has 1 N–H and O–H groups in total. The normalized spacial score (nSPS) is 11.2. The van der Waals surface area contributed by atoms with Crippen molar-refractivity contribution < 1.29 is 27.9 Å². The van der Waals surface area contributed by atoms with E-state index >= 15 is 0 Å². The Morgan fingerprint density at radius 2 is 1.45 bits per heavy atom. The van der Waals surface area contributed by atoms with Crippen LogP contribution in [0.15, 0.2) is 87.3 Å². The van der Waals surface area contributed by atoms with Crippen LogP contribution in [-0.2, 0) is 14.9 Å². The molecule has 0 fully saturated rings. The van der Waals surface area contributed by atoms with Crippen molar-refractivity contribution in [3.05, 3.63) is 98.6 Å². The Hall–Kier alpha value is -4.72. The monoisotopic (exact) mass is 471 g/mol. The molecule has 0 amide bonds. The number of carbonyl (C=O) groups excluding carboxylic acids is 1. The van der Waals surface area contributed by atoms with Crippen molar-refractivity contribution in [3.63, 3.8) is 0 Å². The molecular formula is C19H13N5O8S. The molecule has 0 bridgehead atoms. The minimum atomic E-state index is -3.96. The molecule has 3 aromatic carbocycles. The van der Waals surface area contributed by atoms with Crippen LogP contribution in [0, 0.1) is 20.2 Å². The summed E-state index contributed by atoms with van der Waals surface area (Å²) in [6.07, 6.45) is 0. The van der Waals surface area contributed by atoms with Crippen LogP contribution in [0.2, 0.25) is 0 Å². The third kappa shape index (κ3) is 5.92. The molecule has 0 aliphatic heterocycles. The number of benzene rings is 3. The molecule has 0 radical (unpaired) electrons. The number of hydrogen-bond acceptors (Lipinski definition) is 10. The number of nitro benzene ring substituents is 2. The first kappa shape index (κ1) is 23.0. The summed E-state index contributed by atoms with van der Waals surface area (Å²) < 4.78 is 27.6. The third-order valence-electron chi connectivity index (χ3n) is 3.99. The minimum Gasteiger partial charge on any atom is -0.338 e. The van der Waals surface area contributed by atoms with Gasteiger partial charge in [0.15, 0.2) is 0 Å². The van der Waals surface area contributed by atoms with Crippen LogP contribution in [-0.4, -0.2) is 24.2 Å². The molecule has 0 unspecified atom stereocenters. The Kier molecular flexibility index (Phi) is 6.68. The average molecular weight is 471 g/mol. The maximum absolute atomic E-state index is 12.2. The van der Waals surface area contributed by atoms with Crippen LogP contribution in [0.3, 0.4) is 0 Å². The van der Waals surface area contributed by atoms with E-state index in [4.69, 9.17) is 4.84 Å². The Morgan fingerprint density at radius 3 is 2.00 bits per heavy atom. The Balaban J connectivity index is 1.67. The lowest BCUT2D eigenvalue weighted by Crippen LogP contribution is -2.11. The van der Waals surface area contributed by atoms with Gasteiger partial charge in [-0.05, 0) is 36.4 Å². The molecule has 0 aliphatic rings. The summed E-state index contributed by atoms with van der Waals surface area (Å²) in [6, 6.07) is 15.5. The lowest BCUT2D eigenvalue weighted by Gasteiger charge is -2.07. The zero-order chi connectivity index (χ0) is 24.0. The number of nitrogens with one attached hydrogen (secondary N) is 1. The molecule has 0 heterocycles. The first-order valence-electron chi connectivity index (χ1n) is 8.90. The van der Waals surface area contributed by atoms with E-state index in [1.165, 1.54) is 36.4 Å². The van der Waals surface area contributed by atoms with E-state index in [1.54, 1.807) is 18.2 Å². The van der Waals surface area contributed by atoms with E-state index < -0.39 is 42.8 Å². The molecule has 0 spiro atoms. The topological polar surface area (TPSA) is 183 Å². The highest BCUT2D eigenvalue weighted by Gasteiger charge is 2.21. The summed E-state index contributed by atoms with van der Waals surface area (Å²) in [7, 11) is -3.96. The fourth-order valence-corrected chi connectivity index (χ4v) is 3.22. The smallest absolute Gasteiger partial charge is 0.338 e. The van der Waals surface area contributed by atoms with Gasteiger partial charge in [0.1, 0.15) is 0 Å². The first-order chi connectivity index (χ1) is 15.7. The number of hydrogen-bond donors (Lipinski definition) is 1. The quantitative estimate of drug-likeness (QED) is 0.286. The van der Waals surface area contributed by atoms with Gasteiger partial charge >= 0.3 is 5.97 Å². The van der Waals surface area contributed by atoms with E-state index in [9.17, 15) is 33.4 Å². The van der Waals surface area contributed by atoms with Crippen molar-refractivity contribution in [1.29, 1.82) is 0 Å². The van der Waals surface area contributed by atoms with Crippen LogP contribution < -0.4 is 5.48 Å². The molecule has 0 aliphatic carbocycles. The zero-order valence-corrected chi connectivity index (χ0v) is 17.2. The number of nitrogens with zero attached hydrogens (tertiary/aromatic N) is 4. The number of nitro groups is 2. The van der Waals surface area contributed by atoms with E-state index in [1.807, 2.05) is 0 Å². The minimum absolute atomic E-state index is 0.0136. The van der Waals surface area contributed by atoms with Gasteiger partial charge in [-0.25, -0.2) is 10.3 Å². The van der Waals surface area contributed by atoms with Gasteiger partial charge in [0, 0.05) is 12.1 Å². The highest BCUT2D eigenvalue weighted by molar-refractivity contribution is 7.90. The van der Waals surface area contributed by atoms with Crippen LogP contribution in [0.5, 0.6) is 0 Å². The van der Waals surface area contributed by atoms with Gasteiger partial charge in [-0.3, -0.25) is 20.2 Å². The lowest BCUT2D eigenvalue weighted by atomic mass is 10.2. The number of carbonyl (C=O) groups is 1. The van der Waals surface area contributed by atoms with E-state index in [0.29, 0.717) is 0 Å². The van der Waals surface area contributed by atoms with Crippen molar-refractivity contribution in [3.8, 4) is 0 Å². The van der Waals surface area contributed by atoms with Crippen LogP contribution in [0.1, 0.15) is 10.4 Å². The number of rotatable bonds is 8. The highest BCUT2D eigenvalue weighted by atomic mass is 32.2. The second-order valence-corrected chi connectivity index (χ2v) is 7.85.